The lowest BCUT2D eigenvalue weighted by Crippen LogP contribution is -2.28. The highest BCUT2D eigenvalue weighted by molar-refractivity contribution is 7.99. The second kappa shape index (κ2) is 7.24. The van der Waals surface area contributed by atoms with Gasteiger partial charge >= 0.3 is 0 Å². The van der Waals surface area contributed by atoms with E-state index < -0.39 is 0 Å². The summed E-state index contributed by atoms with van der Waals surface area (Å²) >= 11 is 1.53. The third kappa shape index (κ3) is 4.30. The summed E-state index contributed by atoms with van der Waals surface area (Å²) in [5.41, 5.74) is 0.797. The smallest absolute Gasteiger partial charge is 0.228 e. The molecule has 1 aromatic carbocycles. The molecule has 6 nitrogen and oxygen atoms in total. The van der Waals surface area contributed by atoms with Crippen molar-refractivity contribution in [1.82, 2.24) is 20.1 Å². The number of carbonyl (C=O) groups is 1. The number of anilines is 1. The fourth-order valence-corrected chi connectivity index (χ4v) is 2.50. The highest BCUT2D eigenvalue weighted by Crippen LogP contribution is 2.26. The molecular weight excluding hydrogens is 286 g/mol. The minimum absolute atomic E-state index is 0.0121. The van der Waals surface area contributed by atoms with E-state index in [4.69, 9.17) is 0 Å². The molecule has 1 atom stereocenters. The molecular formula is C14H19N5OS. The van der Waals surface area contributed by atoms with E-state index in [0.717, 1.165) is 15.7 Å². The molecule has 21 heavy (non-hydrogen) atoms. The minimum Gasteiger partial charge on any atom is -0.326 e. The van der Waals surface area contributed by atoms with Crippen molar-refractivity contribution in [2.75, 3.05) is 18.9 Å². The van der Waals surface area contributed by atoms with Gasteiger partial charge < -0.3 is 15.2 Å². The van der Waals surface area contributed by atoms with Crippen LogP contribution >= 0.6 is 11.8 Å². The van der Waals surface area contributed by atoms with Crippen LogP contribution in [0, 0.1) is 5.92 Å². The maximum atomic E-state index is 11.9. The molecule has 112 valence electrons. The Morgan fingerprint density at radius 3 is 2.67 bits per heavy atom. The summed E-state index contributed by atoms with van der Waals surface area (Å²) in [4.78, 5) is 13.0. The van der Waals surface area contributed by atoms with Crippen molar-refractivity contribution in [2.45, 2.75) is 17.0 Å². The van der Waals surface area contributed by atoms with Gasteiger partial charge in [0.05, 0.1) is 0 Å². The number of benzene rings is 1. The lowest BCUT2D eigenvalue weighted by Gasteiger charge is -2.11. The highest BCUT2D eigenvalue weighted by atomic mass is 32.2. The predicted octanol–water partition coefficient (Wildman–Crippen LogP) is 1.76. The summed E-state index contributed by atoms with van der Waals surface area (Å²) in [6.07, 6.45) is 1.67. The average molecular weight is 305 g/mol. The summed E-state index contributed by atoms with van der Waals surface area (Å²) in [5.74, 6) is -0.0549. The molecule has 0 bridgehead atoms. The molecule has 0 spiro atoms. The molecule has 2 rings (SSSR count). The van der Waals surface area contributed by atoms with E-state index >= 15 is 0 Å². The third-order valence-corrected chi connectivity index (χ3v) is 4.02. The standard InChI is InChI=1S/C14H19N5OS/c1-10(8-15-2)13(20)17-11-4-6-12(7-5-11)21-14-18-16-9-19(14)3/h4-7,9-10,15H,8H2,1-3H3,(H,17,20). The maximum absolute atomic E-state index is 11.9. The summed E-state index contributed by atoms with van der Waals surface area (Å²) in [7, 11) is 3.74. The van der Waals surface area contributed by atoms with Gasteiger partial charge in [-0.25, -0.2) is 0 Å². The van der Waals surface area contributed by atoms with Crippen LogP contribution in [0.1, 0.15) is 6.92 Å². The van der Waals surface area contributed by atoms with Gasteiger partial charge in [-0.1, -0.05) is 6.92 Å². The molecule has 0 saturated heterocycles. The maximum Gasteiger partial charge on any atom is 0.228 e. The van der Waals surface area contributed by atoms with Crippen molar-refractivity contribution >= 4 is 23.4 Å². The van der Waals surface area contributed by atoms with E-state index in [2.05, 4.69) is 20.8 Å². The molecule has 2 aromatic rings. The van der Waals surface area contributed by atoms with Gasteiger partial charge in [0.2, 0.25) is 5.91 Å². The monoisotopic (exact) mass is 305 g/mol. The zero-order valence-corrected chi connectivity index (χ0v) is 13.1. The lowest BCUT2D eigenvalue weighted by molar-refractivity contribution is -0.119. The molecule has 1 amide bonds. The van der Waals surface area contributed by atoms with Gasteiger partial charge in [0.15, 0.2) is 5.16 Å². The van der Waals surface area contributed by atoms with Crippen molar-refractivity contribution in [3.8, 4) is 0 Å². The van der Waals surface area contributed by atoms with Gasteiger partial charge in [0, 0.05) is 30.1 Å². The van der Waals surface area contributed by atoms with Crippen LogP contribution in [0.3, 0.4) is 0 Å². The summed E-state index contributed by atoms with van der Waals surface area (Å²) in [5, 5.41) is 14.6. The van der Waals surface area contributed by atoms with Crippen LogP contribution in [0.15, 0.2) is 40.6 Å². The number of nitrogens with one attached hydrogen (secondary N) is 2. The fourth-order valence-electron chi connectivity index (χ4n) is 1.74. The first-order valence-electron chi connectivity index (χ1n) is 6.67. The van der Waals surface area contributed by atoms with E-state index in [-0.39, 0.29) is 11.8 Å². The van der Waals surface area contributed by atoms with E-state index in [1.165, 1.54) is 11.8 Å². The Kier molecular flexibility index (Phi) is 5.35. The molecule has 0 aliphatic carbocycles. The van der Waals surface area contributed by atoms with Crippen molar-refractivity contribution in [3.63, 3.8) is 0 Å². The largest absolute Gasteiger partial charge is 0.326 e. The van der Waals surface area contributed by atoms with Crippen molar-refractivity contribution in [3.05, 3.63) is 30.6 Å². The van der Waals surface area contributed by atoms with Gasteiger partial charge in [-0.15, -0.1) is 10.2 Å². The highest BCUT2D eigenvalue weighted by Gasteiger charge is 2.11. The first kappa shape index (κ1) is 15.5. The van der Waals surface area contributed by atoms with E-state index in [9.17, 15) is 4.79 Å². The second-order valence-corrected chi connectivity index (χ2v) is 5.84. The minimum atomic E-state index is -0.0669. The third-order valence-electron chi connectivity index (χ3n) is 2.96. The Hall–Kier alpha value is -1.86. The zero-order valence-electron chi connectivity index (χ0n) is 12.3. The Labute approximate surface area is 128 Å². The van der Waals surface area contributed by atoms with Crippen molar-refractivity contribution < 1.29 is 4.79 Å². The molecule has 0 fully saturated rings. The molecule has 2 N–H and O–H groups in total. The van der Waals surface area contributed by atoms with Crippen LogP contribution < -0.4 is 10.6 Å². The van der Waals surface area contributed by atoms with E-state index in [0.29, 0.717) is 6.54 Å². The topological polar surface area (TPSA) is 71.8 Å². The fraction of sp³-hybridized carbons (Fsp3) is 0.357. The van der Waals surface area contributed by atoms with Gasteiger partial charge in [0.25, 0.3) is 0 Å². The number of hydrogen-bond acceptors (Lipinski definition) is 5. The summed E-state index contributed by atoms with van der Waals surface area (Å²) in [6.45, 7) is 2.55. The molecule has 0 saturated carbocycles. The van der Waals surface area contributed by atoms with E-state index in [1.54, 1.807) is 6.33 Å². The van der Waals surface area contributed by atoms with Crippen LogP contribution in [-0.4, -0.2) is 34.3 Å². The number of carbonyl (C=O) groups excluding carboxylic acids is 1. The molecule has 0 aliphatic rings. The average Bonchev–Trinajstić information content (AvgIpc) is 2.86. The number of hydrogen-bond donors (Lipinski definition) is 2. The molecule has 1 unspecified atom stereocenters. The summed E-state index contributed by atoms with van der Waals surface area (Å²) < 4.78 is 1.86. The SMILES string of the molecule is CNCC(C)C(=O)Nc1ccc(Sc2nncn2C)cc1. The number of rotatable bonds is 6. The van der Waals surface area contributed by atoms with Crippen LogP contribution in [-0.2, 0) is 11.8 Å². The molecule has 1 heterocycles. The molecule has 7 heteroatoms. The normalized spacial score (nSPS) is 12.1. The number of nitrogens with zero attached hydrogens (tertiary/aromatic N) is 3. The quantitative estimate of drug-likeness (QED) is 0.851. The van der Waals surface area contributed by atoms with Crippen molar-refractivity contribution in [1.29, 1.82) is 0 Å². The molecule has 1 aromatic heterocycles. The van der Waals surface area contributed by atoms with E-state index in [1.807, 2.05) is 49.9 Å². The first-order valence-corrected chi connectivity index (χ1v) is 7.49. The van der Waals surface area contributed by atoms with Crippen LogP contribution in [0.4, 0.5) is 5.69 Å². The number of aromatic nitrogens is 3. The lowest BCUT2D eigenvalue weighted by atomic mass is 10.1. The van der Waals surface area contributed by atoms with Crippen molar-refractivity contribution in [2.24, 2.45) is 13.0 Å². The zero-order chi connectivity index (χ0) is 15.2. The Balaban J connectivity index is 1.96. The Morgan fingerprint density at radius 2 is 2.10 bits per heavy atom. The molecule has 0 aliphatic heterocycles. The summed E-state index contributed by atoms with van der Waals surface area (Å²) in [6, 6.07) is 7.70. The van der Waals surface area contributed by atoms with Gasteiger partial charge in [-0.2, -0.15) is 0 Å². The number of amides is 1. The second-order valence-electron chi connectivity index (χ2n) is 4.80. The first-order chi connectivity index (χ1) is 10.1. The Morgan fingerprint density at radius 1 is 1.38 bits per heavy atom. The van der Waals surface area contributed by atoms with Crippen LogP contribution in [0.25, 0.3) is 0 Å². The predicted molar refractivity (Wildman–Crippen MR) is 83.3 cm³/mol. The van der Waals surface area contributed by atoms with Crippen LogP contribution in [0.5, 0.6) is 0 Å². The van der Waals surface area contributed by atoms with Gasteiger partial charge in [-0.05, 0) is 43.1 Å². The van der Waals surface area contributed by atoms with Crippen LogP contribution in [0.2, 0.25) is 0 Å². The Bertz CT molecular complexity index is 596. The number of aryl methyl sites for hydroxylation is 1. The van der Waals surface area contributed by atoms with Gasteiger partial charge in [-0.3, -0.25) is 4.79 Å². The van der Waals surface area contributed by atoms with Gasteiger partial charge in [0.1, 0.15) is 6.33 Å². The molecule has 0 radical (unpaired) electrons.